The Hall–Kier alpha value is -2.61. The highest BCUT2D eigenvalue weighted by molar-refractivity contribution is 7.98. The fraction of sp³-hybridized carbons (Fsp3) is 0.300. The first-order valence-corrected chi connectivity index (χ1v) is 15.0. The van der Waals surface area contributed by atoms with Crippen LogP contribution in [0.15, 0.2) is 59.5 Å². The van der Waals surface area contributed by atoms with E-state index in [0.717, 1.165) is 77.2 Å². The molecule has 198 valence electrons. The molecular formula is C30H28ClF2NO2S2. The largest absolute Gasteiger partial charge is 0.496 e. The van der Waals surface area contributed by atoms with Crippen molar-refractivity contribution in [1.82, 2.24) is 4.90 Å². The number of thiophene rings is 1. The van der Waals surface area contributed by atoms with Gasteiger partial charge < -0.3 is 9.64 Å². The summed E-state index contributed by atoms with van der Waals surface area (Å²) in [5.74, 6) is -0.839. The number of hydrogen-bond acceptors (Lipinski definition) is 4. The smallest absolute Gasteiger partial charge is 0.266 e. The van der Waals surface area contributed by atoms with Gasteiger partial charge in [-0.05, 0) is 60.6 Å². The van der Waals surface area contributed by atoms with E-state index in [1.807, 2.05) is 35.4 Å². The monoisotopic (exact) mass is 571 g/mol. The lowest BCUT2D eigenvalue weighted by Gasteiger charge is -2.34. The van der Waals surface area contributed by atoms with Crippen LogP contribution in [-0.4, -0.2) is 30.2 Å². The topological polar surface area (TPSA) is 29.5 Å². The highest BCUT2D eigenvalue weighted by atomic mass is 35.5. The van der Waals surface area contributed by atoms with E-state index in [1.165, 1.54) is 0 Å². The maximum absolute atomic E-state index is 14.6. The average molecular weight is 572 g/mol. The van der Waals surface area contributed by atoms with Gasteiger partial charge in [0.1, 0.15) is 22.3 Å². The molecule has 0 atom stereocenters. The number of nitrogens with zero attached hydrogens (tertiary/aromatic N) is 1. The molecule has 3 aromatic carbocycles. The standard InChI is InChI=1S/C30H28ClF2NO2S2/c1-36-24-15-12-18(21-10-6-7-11-25(21)37-2)16-19(24)17-34(20-8-4-3-5-9-20)30(35)29-27(31)26-22(32)13-14-23(33)28(26)38-29/h6-7,10-16,20H,3-5,8-9,17H2,1-2H3. The van der Waals surface area contributed by atoms with E-state index >= 15 is 0 Å². The van der Waals surface area contributed by atoms with Crippen molar-refractivity contribution >= 4 is 50.7 Å². The lowest BCUT2D eigenvalue weighted by atomic mass is 9.93. The molecule has 4 aromatic rings. The number of hydrogen-bond donors (Lipinski definition) is 0. The van der Waals surface area contributed by atoms with Crippen molar-refractivity contribution in [3.05, 3.63) is 81.7 Å². The third kappa shape index (κ3) is 5.16. The maximum atomic E-state index is 14.6. The Balaban J connectivity index is 1.58. The summed E-state index contributed by atoms with van der Waals surface area (Å²) in [5, 5.41) is -0.0562. The minimum atomic E-state index is -0.632. The normalized spacial score (nSPS) is 14.1. The van der Waals surface area contributed by atoms with Gasteiger partial charge in [0.15, 0.2) is 0 Å². The molecule has 0 unspecified atom stereocenters. The Morgan fingerprint density at radius 1 is 1.08 bits per heavy atom. The van der Waals surface area contributed by atoms with Crippen LogP contribution >= 0.6 is 34.7 Å². The zero-order valence-electron chi connectivity index (χ0n) is 21.2. The minimum Gasteiger partial charge on any atom is -0.496 e. The van der Waals surface area contributed by atoms with Gasteiger partial charge in [-0.1, -0.05) is 55.1 Å². The molecule has 0 bridgehead atoms. The highest BCUT2D eigenvalue weighted by Gasteiger charge is 2.31. The lowest BCUT2D eigenvalue weighted by Crippen LogP contribution is -2.40. The zero-order chi connectivity index (χ0) is 26.8. The Morgan fingerprint density at radius 2 is 1.82 bits per heavy atom. The third-order valence-electron chi connectivity index (χ3n) is 7.19. The van der Waals surface area contributed by atoms with Gasteiger partial charge in [0.2, 0.25) is 0 Å². The van der Waals surface area contributed by atoms with Crippen LogP contribution in [0.3, 0.4) is 0 Å². The summed E-state index contributed by atoms with van der Waals surface area (Å²) in [4.78, 5) is 17.2. The van der Waals surface area contributed by atoms with E-state index < -0.39 is 11.6 Å². The average Bonchev–Trinajstić information content (AvgIpc) is 3.32. The molecule has 1 heterocycles. The molecule has 1 saturated carbocycles. The highest BCUT2D eigenvalue weighted by Crippen LogP contribution is 2.41. The van der Waals surface area contributed by atoms with E-state index in [-0.39, 0.29) is 31.9 Å². The summed E-state index contributed by atoms with van der Waals surface area (Å²) < 4.78 is 34.9. The number of methoxy groups -OCH3 is 1. The fourth-order valence-corrected chi connectivity index (χ4v) is 7.39. The van der Waals surface area contributed by atoms with Crippen molar-refractivity contribution in [3.8, 4) is 16.9 Å². The van der Waals surface area contributed by atoms with Crippen LogP contribution in [0.5, 0.6) is 5.75 Å². The van der Waals surface area contributed by atoms with Crippen LogP contribution in [-0.2, 0) is 6.54 Å². The number of fused-ring (bicyclic) bond motifs is 1. The van der Waals surface area contributed by atoms with Crippen LogP contribution in [0, 0.1) is 11.6 Å². The van der Waals surface area contributed by atoms with Gasteiger partial charge >= 0.3 is 0 Å². The summed E-state index contributed by atoms with van der Waals surface area (Å²) in [7, 11) is 1.62. The molecule has 1 fully saturated rings. The molecule has 0 aliphatic heterocycles. The molecule has 8 heteroatoms. The van der Waals surface area contributed by atoms with E-state index in [9.17, 15) is 13.6 Å². The van der Waals surface area contributed by atoms with Gasteiger partial charge in [-0.2, -0.15) is 0 Å². The molecule has 3 nitrogen and oxygen atoms in total. The Labute approximate surface area is 234 Å². The molecule has 38 heavy (non-hydrogen) atoms. The van der Waals surface area contributed by atoms with Crippen molar-refractivity contribution in [2.45, 2.75) is 49.6 Å². The summed E-state index contributed by atoms with van der Waals surface area (Å²) in [6.45, 7) is 0.303. The molecule has 5 rings (SSSR count). The van der Waals surface area contributed by atoms with Gasteiger partial charge in [-0.25, -0.2) is 8.78 Å². The molecule has 0 radical (unpaired) electrons. The first-order chi connectivity index (χ1) is 18.4. The van der Waals surface area contributed by atoms with Gasteiger partial charge in [0, 0.05) is 23.0 Å². The van der Waals surface area contributed by atoms with E-state index in [1.54, 1.807) is 18.9 Å². The van der Waals surface area contributed by atoms with Crippen molar-refractivity contribution < 1.29 is 18.3 Å². The molecule has 1 aliphatic carbocycles. The second kappa shape index (κ2) is 11.6. The van der Waals surface area contributed by atoms with Gasteiger partial charge in [-0.15, -0.1) is 23.1 Å². The van der Waals surface area contributed by atoms with Crippen LogP contribution in [0.25, 0.3) is 21.2 Å². The molecule has 0 spiro atoms. The maximum Gasteiger partial charge on any atom is 0.266 e. The van der Waals surface area contributed by atoms with E-state index in [4.69, 9.17) is 16.3 Å². The summed E-state index contributed by atoms with van der Waals surface area (Å²) >= 11 is 9.14. The third-order valence-corrected chi connectivity index (χ3v) is 9.66. The summed E-state index contributed by atoms with van der Waals surface area (Å²) in [5.41, 5.74) is 3.01. The van der Waals surface area contributed by atoms with E-state index in [2.05, 4.69) is 18.2 Å². The van der Waals surface area contributed by atoms with E-state index in [0.29, 0.717) is 12.3 Å². The van der Waals surface area contributed by atoms with Crippen LogP contribution in [0.4, 0.5) is 8.78 Å². The summed E-state index contributed by atoms with van der Waals surface area (Å²) in [6.07, 6.45) is 6.96. The molecular weight excluding hydrogens is 544 g/mol. The van der Waals surface area contributed by atoms with Gasteiger partial charge in [0.25, 0.3) is 5.91 Å². The number of carbonyl (C=O) groups excluding carboxylic acids is 1. The second-order valence-electron chi connectivity index (χ2n) is 9.43. The Bertz CT molecular complexity index is 1480. The zero-order valence-corrected chi connectivity index (χ0v) is 23.6. The lowest BCUT2D eigenvalue weighted by molar-refractivity contribution is 0.0618. The van der Waals surface area contributed by atoms with Crippen LogP contribution in [0.2, 0.25) is 5.02 Å². The molecule has 1 amide bonds. The van der Waals surface area contributed by atoms with Gasteiger partial charge in [-0.3, -0.25) is 4.79 Å². The SMILES string of the molecule is COc1ccc(-c2ccccc2SC)cc1CN(C(=O)c1sc2c(F)ccc(F)c2c1Cl)C1CCCCC1. The van der Waals surface area contributed by atoms with Crippen LogP contribution in [0.1, 0.15) is 47.3 Å². The predicted molar refractivity (Wildman–Crippen MR) is 154 cm³/mol. The number of ether oxygens (including phenoxy) is 1. The number of carbonyl (C=O) groups is 1. The molecule has 1 aliphatic rings. The fourth-order valence-electron chi connectivity index (χ4n) is 5.26. The predicted octanol–water partition coefficient (Wildman–Crippen LogP) is 9.21. The molecule has 1 aromatic heterocycles. The van der Waals surface area contributed by atoms with Gasteiger partial charge in [0.05, 0.1) is 22.2 Å². The minimum absolute atomic E-state index is 0.000862. The Morgan fingerprint density at radius 3 is 2.53 bits per heavy atom. The number of amides is 1. The summed E-state index contributed by atoms with van der Waals surface area (Å²) in [6, 6.07) is 16.4. The van der Waals surface area contributed by atoms with Crippen LogP contribution < -0.4 is 4.74 Å². The van der Waals surface area contributed by atoms with Crippen molar-refractivity contribution in [3.63, 3.8) is 0 Å². The first kappa shape index (κ1) is 27.0. The number of thioether (sulfide) groups is 1. The van der Waals surface area contributed by atoms with Crippen molar-refractivity contribution in [2.24, 2.45) is 0 Å². The Kier molecular flexibility index (Phi) is 8.26. The number of halogens is 3. The van der Waals surface area contributed by atoms with Crippen molar-refractivity contribution in [2.75, 3.05) is 13.4 Å². The first-order valence-electron chi connectivity index (χ1n) is 12.6. The second-order valence-corrected chi connectivity index (χ2v) is 11.7. The number of benzene rings is 3. The molecule has 0 N–H and O–H groups in total. The quantitative estimate of drug-likeness (QED) is 0.207. The molecule has 0 saturated heterocycles. The number of rotatable bonds is 7. The van der Waals surface area contributed by atoms with Crippen molar-refractivity contribution in [1.29, 1.82) is 0 Å².